The number of aryl methyl sites for hydroxylation is 1. The Labute approximate surface area is 84.7 Å². The topological polar surface area (TPSA) is 72.3 Å². The van der Waals surface area contributed by atoms with Crippen molar-refractivity contribution in [2.24, 2.45) is 5.73 Å². The van der Waals surface area contributed by atoms with Crippen molar-refractivity contribution in [3.63, 3.8) is 0 Å². The molecule has 0 aliphatic rings. The highest BCUT2D eigenvalue weighted by Gasteiger charge is 2.16. The zero-order valence-electron chi connectivity index (χ0n) is 8.91. The summed E-state index contributed by atoms with van der Waals surface area (Å²) >= 11 is 0. The van der Waals surface area contributed by atoms with Crippen LogP contribution in [0.2, 0.25) is 0 Å². The number of aliphatic hydroxyl groups is 1. The summed E-state index contributed by atoms with van der Waals surface area (Å²) < 4.78 is 0. The SMILES string of the molecule is Cc1ccc(C(N)C(C)O)c(N)c1C. The van der Waals surface area contributed by atoms with E-state index >= 15 is 0 Å². The fourth-order valence-electron chi connectivity index (χ4n) is 1.41. The van der Waals surface area contributed by atoms with Gasteiger partial charge in [0.2, 0.25) is 0 Å². The van der Waals surface area contributed by atoms with Gasteiger partial charge in [0.25, 0.3) is 0 Å². The van der Waals surface area contributed by atoms with Gasteiger partial charge in [-0.05, 0) is 37.5 Å². The summed E-state index contributed by atoms with van der Waals surface area (Å²) in [5, 5.41) is 9.38. The van der Waals surface area contributed by atoms with Crippen LogP contribution < -0.4 is 11.5 Å². The van der Waals surface area contributed by atoms with Crippen LogP contribution in [-0.4, -0.2) is 11.2 Å². The van der Waals surface area contributed by atoms with Crippen LogP contribution in [0, 0.1) is 13.8 Å². The number of aliphatic hydroxyl groups excluding tert-OH is 1. The van der Waals surface area contributed by atoms with Crippen LogP contribution in [0.3, 0.4) is 0 Å². The van der Waals surface area contributed by atoms with Crippen molar-refractivity contribution in [1.29, 1.82) is 0 Å². The molecule has 0 saturated heterocycles. The van der Waals surface area contributed by atoms with E-state index in [0.29, 0.717) is 5.69 Å². The molecular weight excluding hydrogens is 176 g/mol. The standard InChI is InChI=1S/C11H18N2O/c1-6-4-5-9(10(12)7(6)2)11(13)8(3)14/h4-5,8,11,14H,12-13H2,1-3H3. The minimum absolute atomic E-state index is 0.408. The van der Waals surface area contributed by atoms with Gasteiger partial charge in [-0.3, -0.25) is 0 Å². The molecule has 0 aromatic heterocycles. The van der Waals surface area contributed by atoms with Gasteiger partial charge in [-0.1, -0.05) is 12.1 Å². The maximum atomic E-state index is 9.38. The smallest absolute Gasteiger partial charge is 0.0705 e. The van der Waals surface area contributed by atoms with Crippen molar-refractivity contribution in [3.05, 3.63) is 28.8 Å². The zero-order chi connectivity index (χ0) is 10.9. The fraction of sp³-hybridized carbons (Fsp3) is 0.455. The van der Waals surface area contributed by atoms with E-state index in [1.807, 2.05) is 26.0 Å². The molecule has 1 aromatic rings. The van der Waals surface area contributed by atoms with Gasteiger partial charge >= 0.3 is 0 Å². The van der Waals surface area contributed by atoms with Gasteiger partial charge in [0.05, 0.1) is 12.1 Å². The molecule has 0 aliphatic carbocycles. The van der Waals surface area contributed by atoms with Gasteiger partial charge in [-0.25, -0.2) is 0 Å². The van der Waals surface area contributed by atoms with E-state index in [-0.39, 0.29) is 0 Å². The van der Waals surface area contributed by atoms with Crippen LogP contribution >= 0.6 is 0 Å². The van der Waals surface area contributed by atoms with E-state index in [0.717, 1.165) is 16.7 Å². The monoisotopic (exact) mass is 194 g/mol. The fourth-order valence-corrected chi connectivity index (χ4v) is 1.41. The Morgan fingerprint density at radius 3 is 2.36 bits per heavy atom. The molecule has 0 amide bonds. The summed E-state index contributed by atoms with van der Waals surface area (Å²) in [7, 11) is 0. The van der Waals surface area contributed by atoms with Crippen molar-refractivity contribution in [1.82, 2.24) is 0 Å². The Bertz CT molecular complexity index is 334. The first kappa shape index (κ1) is 11.0. The molecule has 0 bridgehead atoms. The van der Waals surface area contributed by atoms with Crippen molar-refractivity contribution < 1.29 is 5.11 Å². The molecule has 1 aromatic carbocycles. The second-order valence-corrected chi connectivity index (χ2v) is 3.78. The van der Waals surface area contributed by atoms with Gasteiger partial charge in [-0.2, -0.15) is 0 Å². The Kier molecular flexibility index (Phi) is 3.13. The van der Waals surface area contributed by atoms with Crippen LogP contribution in [0.25, 0.3) is 0 Å². The minimum Gasteiger partial charge on any atom is -0.398 e. The predicted molar refractivity (Wildman–Crippen MR) is 58.9 cm³/mol. The largest absolute Gasteiger partial charge is 0.398 e. The Balaban J connectivity index is 3.17. The second kappa shape index (κ2) is 3.98. The van der Waals surface area contributed by atoms with Crippen LogP contribution in [0.4, 0.5) is 5.69 Å². The molecule has 0 radical (unpaired) electrons. The van der Waals surface area contributed by atoms with Gasteiger partial charge in [-0.15, -0.1) is 0 Å². The summed E-state index contributed by atoms with van der Waals surface area (Å²) in [6.45, 7) is 5.63. The molecule has 0 spiro atoms. The molecule has 5 N–H and O–H groups in total. The maximum Gasteiger partial charge on any atom is 0.0705 e. The number of hydrogen-bond acceptors (Lipinski definition) is 3. The van der Waals surface area contributed by atoms with E-state index in [9.17, 15) is 5.11 Å². The van der Waals surface area contributed by atoms with Crippen LogP contribution in [-0.2, 0) is 0 Å². The minimum atomic E-state index is -0.584. The first-order valence-electron chi connectivity index (χ1n) is 4.74. The highest BCUT2D eigenvalue weighted by Crippen LogP contribution is 2.26. The normalized spacial score (nSPS) is 15.2. The van der Waals surface area contributed by atoms with E-state index < -0.39 is 12.1 Å². The molecule has 3 nitrogen and oxygen atoms in total. The Morgan fingerprint density at radius 2 is 1.86 bits per heavy atom. The van der Waals surface area contributed by atoms with Crippen molar-refractivity contribution >= 4 is 5.69 Å². The van der Waals surface area contributed by atoms with Crippen LogP contribution in [0.1, 0.15) is 29.7 Å². The van der Waals surface area contributed by atoms with E-state index in [4.69, 9.17) is 11.5 Å². The predicted octanol–water partition coefficient (Wildman–Crippen LogP) is 1.27. The Hall–Kier alpha value is -1.06. The summed E-state index contributed by atoms with van der Waals surface area (Å²) in [4.78, 5) is 0. The summed E-state index contributed by atoms with van der Waals surface area (Å²) in [5.41, 5.74) is 15.5. The molecule has 14 heavy (non-hydrogen) atoms. The number of rotatable bonds is 2. The molecule has 3 heteroatoms. The molecule has 2 atom stereocenters. The second-order valence-electron chi connectivity index (χ2n) is 3.78. The third-order valence-corrected chi connectivity index (χ3v) is 2.70. The molecule has 0 saturated carbocycles. The average molecular weight is 194 g/mol. The van der Waals surface area contributed by atoms with Crippen molar-refractivity contribution in [3.8, 4) is 0 Å². The highest BCUT2D eigenvalue weighted by atomic mass is 16.3. The van der Waals surface area contributed by atoms with Crippen LogP contribution in [0.15, 0.2) is 12.1 Å². The van der Waals surface area contributed by atoms with Gasteiger partial charge in [0.1, 0.15) is 0 Å². The Morgan fingerprint density at radius 1 is 1.29 bits per heavy atom. The zero-order valence-corrected chi connectivity index (χ0v) is 8.91. The molecule has 0 aliphatic heterocycles. The van der Waals surface area contributed by atoms with E-state index in [1.165, 1.54) is 0 Å². The quantitative estimate of drug-likeness (QED) is 0.621. The van der Waals surface area contributed by atoms with Gasteiger partial charge in [0.15, 0.2) is 0 Å². The van der Waals surface area contributed by atoms with Gasteiger partial charge in [0, 0.05) is 5.69 Å². The molecule has 78 valence electrons. The number of benzene rings is 1. The maximum absolute atomic E-state index is 9.38. The summed E-state index contributed by atoms with van der Waals surface area (Å²) in [6.07, 6.45) is -0.584. The van der Waals surface area contributed by atoms with Crippen molar-refractivity contribution in [2.45, 2.75) is 32.9 Å². The number of anilines is 1. The number of hydrogen-bond donors (Lipinski definition) is 3. The van der Waals surface area contributed by atoms with Gasteiger partial charge < -0.3 is 16.6 Å². The summed E-state index contributed by atoms with van der Waals surface area (Å²) in [5.74, 6) is 0. The van der Waals surface area contributed by atoms with E-state index in [2.05, 4.69) is 0 Å². The molecule has 0 heterocycles. The molecule has 1 rings (SSSR count). The lowest BCUT2D eigenvalue weighted by Gasteiger charge is -2.19. The first-order valence-corrected chi connectivity index (χ1v) is 4.74. The molecule has 0 fully saturated rings. The number of nitrogens with two attached hydrogens (primary N) is 2. The highest BCUT2D eigenvalue weighted by molar-refractivity contribution is 5.57. The lowest BCUT2D eigenvalue weighted by molar-refractivity contribution is 0.164. The first-order chi connectivity index (χ1) is 6.45. The van der Waals surface area contributed by atoms with E-state index in [1.54, 1.807) is 6.92 Å². The molecule has 2 unspecified atom stereocenters. The van der Waals surface area contributed by atoms with Crippen LogP contribution in [0.5, 0.6) is 0 Å². The molecular formula is C11H18N2O. The lowest BCUT2D eigenvalue weighted by atomic mass is 9.96. The third-order valence-electron chi connectivity index (χ3n) is 2.70. The lowest BCUT2D eigenvalue weighted by Crippen LogP contribution is -2.24. The third kappa shape index (κ3) is 1.89. The summed E-state index contributed by atoms with van der Waals surface area (Å²) in [6, 6.07) is 3.45. The average Bonchev–Trinajstić information content (AvgIpc) is 2.13. The van der Waals surface area contributed by atoms with Crippen molar-refractivity contribution in [2.75, 3.05) is 5.73 Å². The number of nitrogen functional groups attached to an aromatic ring is 1.